The maximum Gasteiger partial charge on any atom is 0.251 e. The van der Waals surface area contributed by atoms with E-state index in [1.165, 1.54) is 11.1 Å². The first-order valence-corrected chi connectivity index (χ1v) is 9.65. The molecule has 1 fully saturated rings. The van der Waals surface area contributed by atoms with Crippen LogP contribution in [0.15, 0.2) is 42.5 Å². The van der Waals surface area contributed by atoms with E-state index in [1.807, 2.05) is 30.3 Å². The summed E-state index contributed by atoms with van der Waals surface area (Å²) in [6, 6.07) is 14.1. The van der Waals surface area contributed by atoms with E-state index >= 15 is 0 Å². The molecule has 2 aliphatic rings. The Labute approximate surface area is 160 Å². The predicted molar refractivity (Wildman–Crippen MR) is 106 cm³/mol. The number of carbonyl (C=O) groups is 1. The van der Waals surface area contributed by atoms with Crippen LogP contribution in [0.5, 0.6) is 5.75 Å². The topological polar surface area (TPSA) is 50.8 Å². The molecule has 4 rings (SSSR count). The molecule has 0 unspecified atom stereocenters. The third-order valence-corrected chi connectivity index (χ3v) is 5.48. The summed E-state index contributed by atoms with van der Waals surface area (Å²) in [5.74, 6) is 0.858. The van der Waals surface area contributed by atoms with E-state index in [1.54, 1.807) is 7.11 Å². The summed E-state index contributed by atoms with van der Waals surface area (Å²) < 4.78 is 10.7. The summed E-state index contributed by atoms with van der Waals surface area (Å²) in [6.07, 6.45) is 3.07. The number of anilines is 1. The Bertz CT molecular complexity index is 798. The van der Waals surface area contributed by atoms with Gasteiger partial charge in [0.15, 0.2) is 0 Å². The molecule has 1 aliphatic heterocycles. The molecule has 1 aliphatic carbocycles. The minimum atomic E-state index is -0.0165. The van der Waals surface area contributed by atoms with Crippen molar-refractivity contribution >= 4 is 11.6 Å². The monoisotopic (exact) mass is 366 g/mol. The van der Waals surface area contributed by atoms with Crippen molar-refractivity contribution in [3.05, 3.63) is 59.2 Å². The summed E-state index contributed by atoms with van der Waals surface area (Å²) in [5, 5.41) is 3.21. The zero-order valence-corrected chi connectivity index (χ0v) is 15.7. The number of ether oxygens (including phenoxy) is 2. The molecule has 1 atom stereocenters. The summed E-state index contributed by atoms with van der Waals surface area (Å²) >= 11 is 0. The predicted octanol–water partition coefficient (Wildman–Crippen LogP) is 3.34. The number of benzene rings is 2. The number of aryl methyl sites for hydroxylation is 1. The van der Waals surface area contributed by atoms with Gasteiger partial charge in [0.05, 0.1) is 26.4 Å². The molecule has 0 aromatic heterocycles. The second-order valence-electron chi connectivity index (χ2n) is 7.13. The van der Waals surface area contributed by atoms with Gasteiger partial charge >= 0.3 is 0 Å². The third-order valence-electron chi connectivity index (χ3n) is 5.48. The second-order valence-corrected chi connectivity index (χ2v) is 7.13. The van der Waals surface area contributed by atoms with Gasteiger partial charge in [0, 0.05) is 24.3 Å². The number of carbonyl (C=O) groups excluding carboxylic acids is 1. The van der Waals surface area contributed by atoms with Gasteiger partial charge < -0.3 is 19.7 Å². The Morgan fingerprint density at radius 1 is 1.15 bits per heavy atom. The first-order chi connectivity index (χ1) is 13.2. The van der Waals surface area contributed by atoms with Gasteiger partial charge in [0.1, 0.15) is 5.75 Å². The fraction of sp³-hybridized carbons (Fsp3) is 0.409. The molecule has 0 spiro atoms. The molecule has 0 saturated carbocycles. The van der Waals surface area contributed by atoms with Gasteiger partial charge in [0.25, 0.3) is 5.91 Å². The minimum absolute atomic E-state index is 0.0165. The first-order valence-electron chi connectivity index (χ1n) is 9.65. The molecule has 142 valence electrons. The van der Waals surface area contributed by atoms with Crippen molar-refractivity contribution in [2.75, 3.05) is 38.3 Å². The Morgan fingerprint density at radius 2 is 1.93 bits per heavy atom. The number of hydrogen-bond acceptors (Lipinski definition) is 4. The van der Waals surface area contributed by atoms with Crippen molar-refractivity contribution < 1.29 is 14.3 Å². The fourth-order valence-electron chi connectivity index (χ4n) is 3.95. The third kappa shape index (κ3) is 3.93. The highest BCUT2D eigenvalue weighted by molar-refractivity contribution is 5.94. The van der Waals surface area contributed by atoms with Gasteiger partial charge in [-0.2, -0.15) is 0 Å². The van der Waals surface area contributed by atoms with Crippen LogP contribution in [0.25, 0.3) is 0 Å². The van der Waals surface area contributed by atoms with Gasteiger partial charge in [0.2, 0.25) is 0 Å². The van der Waals surface area contributed by atoms with Crippen LogP contribution in [0.4, 0.5) is 5.69 Å². The lowest BCUT2D eigenvalue weighted by molar-refractivity contribution is 0.0932. The minimum Gasteiger partial charge on any atom is -0.497 e. The molecule has 1 heterocycles. The van der Waals surface area contributed by atoms with Crippen LogP contribution >= 0.6 is 0 Å². The van der Waals surface area contributed by atoms with Crippen molar-refractivity contribution in [1.82, 2.24) is 5.32 Å². The van der Waals surface area contributed by atoms with E-state index in [0.717, 1.165) is 57.0 Å². The largest absolute Gasteiger partial charge is 0.497 e. The van der Waals surface area contributed by atoms with Gasteiger partial charge in [-0.05, 0) is 66.8 Å². The summed E-state index contributed by atoms with van der Waals surface area (Å²) in [6.45, 7) is 3.31. The second kappa shape index (κ2) is 8.01. The maximum absolute atomic E-state index is 12.8. The average molecular weight is 366 g/mol. The van der Waals surface area contributed by atoms with Crippen molar-refractivity contribution in [3.63, 3.8) is 0 Å². The zero-order valence-electron chi connectivity index (χ0n) is 15.7. The van der Waals surface area contributed by atoms with E-state index in [0.29, 0.717) is 5.56 Å². The standard InChI is InChI=1S/C22H26N2O3/c1-26-19-9-10-20-17(15-19)3-2-4-21(20)23-22(25)16-5-7-18(8-6-16)24-11-13-27-14-12-24/h5-10,15,21H,2-4,11-14H2,1H3,(H,23,25)/t21-/m1/s1. The van der Waals surface area contributed by atoms with E-state index < -0.39 is 0 Å². The molecule has 0 radical (unpaired) electrons. The van der Waals surface area contributed by atoms with E-state index in [4.69, 9.17) is 9.47 Å². The van der Waals surface area contributed by atoms with Crippen molar-refractivity contribution in [3.8, 4) is 5.75 Å². The van der Waals surface area contributed by atoms with Crippen LogP contribution in [0, 0.1) is 0 Å². The maximum atomic E-state index is 12.8. The average Bonchev–Trinajstić information content (AvgIpc) is 2.74. The normalized spacial score (nSPS) is 19.3. The highest BCUT2D eigenvalue weighted by Crippen LogP contribution is 2.32. The molecule has 1 N–H and O–H groups in total. The Morgan fingerprint density at radius 3 is 2.67 bits per heavy atom. The fourth-order valence-corrected chi connectivity index (χ4v) is 3.95. The van der Waals surface area contributed by atoms with Crippen LogP contribution in [-0.2, 0) is 11.2 Å². The number of amides is 1. The number of fused-ring (bicyclic) bond motifs is 1. The Kier molecular flexibility index (Phi) is 5.30. The lowest BCUT2D eigenvalue weighted by atomic mass is 9.87. The van der Waals surface area contributed by atoms with Crippen LogP contribution in [0.2, 0.25) is 0 Å². The van der Waals surface area contributed by atoms with Crippen LogP contribution in [-0.4, -0.2) is 39.3 Å². The first kappa shape index (κ1) is 17.9. The molecular formula is C22H26N2O3. The molecular weight excluding hydrogens is 340 g/mol. The molecule has 0 bridgehead atoms. The molecule has 5 heteroatoms. The quantitative estimate of drug-likeness (QED) is 0.902. The van der Waals surface area contributed by atoms with E-state index in [-0.39, 0.29) is 11.9 Å². The number of methoxy groups -OCH3 is 1. The van der Waals surface area contributed by atoms with Crippen molar-refractivity contribution in [2.45, 2.75) is 25.3 Å². The number of nitrogens with one attached hydrogen (secondary N) is 1. The molecule has 1 amide bonds. The van der Waals surface area contributed by atoms with Gasteiger partial charge in [-0.25, -0.2) is 0 Å². The highest BCUT2D eigenvalue weighted by Gasteiger charge is 2.23. The number of nitrogens with zero attached hydrogens (tertiary/aromatic N) is 1. The van der Waals surface area contributed by atoms with Gasteiger partial charge in [-0.15, -0.1) is 0 Å². The van der Waals surface area contributed by atoms with Crippen LogP contribution in [0.1, 0.15) is 40.4 Å². The molecule has 5 nitrogen and oxygen atoms in total. The van der Waals surface area contributed by atoms with Crippen LogP contribution in [0.3, 0.4) is 0 Å². The van der Waals surface area contributed by atoms with E-state index in [2.05, 4.69) is 22.3 Å². The van der Waals surface area contributed by atoms with E-state index in [9.17, 15) is 4.79 Å². The number of hydrogen-bond donors (Lipinski definition) is 1. The lowest BCUT2D eigenvalue weighted by Crippen LogP contribution is -2.36. The summed E-state index contributed by atoms with van der Waals surface area (Å²) in [7, 11) is 1.68. The SMILES string of the molecule is COc1ccc2c(c1)CCC[C@H]2NC(=O)c1ccc(N2CCOCC2)cc1. The highest BCUT2D eigenvalue weighted by atomic mass is 16.5. The summed E-state index contributed by atoms with van der Waals surface area (Å²) in [5.41, 5.74) is 4.33. The van der Waals surface area contributed by atoms with Crippen molar-refractivity contribution in [2.24, 2.45) is 0 Å². The molecule has 27 heavy (non-hydrogen) atoms. The Balaban J connectivity index is 1.45. The van der Waals surface area contributed by atoms with Crippen LogP contribution < -0.4 is 15.0 Å². The zero-order chi connectivity index (χ0) is 18.6. The molecule has 2 aromatic rings. The van der Waals surface area contributed by atoms with Gasteiger partial charge in [-0.3, -0.25) is 4.79 Å². The Hall–Kier alpha value is -2.53. The number of rotatable bonds is 4. The van der Waals surface area contributed by atoms with Gasteiger partial charge in [-0.1, -0.05) is 6.07 Å². The smallest absolute Gasteiger partial charge is 0.251 e. The molecule has 2 aromatic carbocycles. The number of morpholine rings is 1. The molecule has 1 saturated heterocycles. The van der Waals surface area contributed by atoms with Crippen molar-refractivity contribution in [1.29, 1.82) is 0 Å². The summed E-state index contributed by atoms with van der Waals surface area (Å²) in [4.78, 5) is 15.1. The lowest BCUT2D eigenvalue weighted by Gasteiger charge is -2.29.